The van der Waals surface area contributed by atoms with Gasteiger partial charge in [-0.2, -0.15) is 0 Å². The maximum Gasteiger partial charge on any atom is 0.246 e. The molecule has 158 valence electrons. The van der Waals surface area contributed by atoms with Gasteiger partial charge < -0.3 is 36.3 Å². The predicted molar refractivity (Wildman–Crippen MR) is 99.8 cm³/mol. The van der Waals surface area contributed by atoms with Crippen LogP contribution in [-0.2, 0) is 23.9 Å². The summed E-state index contributed by atoms with van der Waals surface area (Å²) < 4.78 is 10.4. The molecule has 0 aromatic rings. The van der Waals surface area contributed by atoms with E-state index >= 15 is 0 Å². The highest BCUT2D eigenvalue weighted by molar-refractivity contribution is 5.86. The van der Waals surface area contributed by atoms with Gasteiger partial charge in [-0.1, -0.05) is 0 Å². The lowest BCUT2D eigenvalue weighted by atomic mass is 10.1. The highest BCUT2D eigenvalue weighted by atomic mass is 16.5. The van der Waals surface area contributed by atoms with Crippen LogP contribution in [0.5, 0.6) is 0 Å². The number of hydrogen-bond acceptors (Lipinski definition) is 7. The Bertz CT molecular complexity index is 434. The minimum absolute atomic E-state index is 0.0556. The summed E-state index contributed by atoms with van der Waals surface area (Å²) in [5.74, 6) is -1.21. The van der Waals surface area contributed by atoms with Crippen LogP contribution in [0, 0.1) is 0 Å². The molecule has 6 N–H and O–H groups in total. The third kappa shape index (κ3) is 16.2. The Kier molecular flexibility index (Phi) is 15.4. The summed E-state index contributed by atoms with van der Waals surface area (Å²) in [7, 11) is 1.85. The number of rotatable bonds is 17. The molecule has 0 aliphatic heterocycles. The fourth-order valence-corrected chi connectivity index (χ4v) is 2.16. The average Bonchev–Trinajstić information content (AvgIpc) is 2.59. The lowest BCUT2D eigenvalue weighted by molar-refractivity contribution is -0.131. The first-order valence-corrected chi connectivity index (χ1v) is 9.20. The van der Waals surface area contributed by atoms with Gasteiger partial charge in [0.2, 0.25) is 17.7 Å². The van der Waals surface area contributed by atoms with Crippen LogP contribution in [0.2, 0.25) is 0 Å². The van der Waals surface area contributed by atoms with Crippen LogP contribution in [-0.4, -0.2) is 81.5 Å². The van der Waals surface area contributed by atoms with E-state index in [9.17, 15) is 14.4 Å². The zero-order chi connectivity index (χ0) is 20.5. The van der Waals surface area contributed by atoms with Gasteiger partial charge in [-0.25, -0.2) is 0 Å². The Hall–Kier alpha value is -1.75. The van der Waals surface area contributed by atoms with Crippen molar-refractivity contribution in [1.29, 1.82) is 0 Å². The Balaban J connectivity index is 3.68. The van der Waals surface area contributed by atoms with Crippen LogP contribution in [0.3, 0.4) is 0 Å². The number of carbonyl (C=O) groups excluding carboxylic acids is 3. The molecule has 0 bridgehead atoms. The summed E-state index contributed by atoms with van der Waals surface area (Å²) in [6.07, 6.45) is 1.54. The summed E-state index contributed by atoms with van der Waals surface area (Å²) in [5, 5.41) is 17.2. The van der Waals surface area contributed by atoms with Gasteiger partial charge in [-0.05, 0) is 39.8 Å². The van der Waals surface area contributed by atoms with Crippen molar-refractivity contribution in [2.45, 2.75) is 44.8 Å². The molecule has 0 fully saturated rings. The first kappa shape index (κ1) is 25.2. The van der Waals surface area contributed by atoms with Gasteiger partial charge in [-0.3, -0.25) is 14.4 Å². The number of nitrogens with two attached hydrogens (primary N) is 1. The molecule has 0 heterocycles. The maximum atomic E-state index is 11.8. The Morgan fingerprint density at radius 3 is 2.37 bits per heavy atom. The molecule has 0 saturated heterocycles. The van der Waals surface area contributed by atoms with E-state index in [1.54, 1.807) is 6.92 Å². The molecule has 0 aromatic carbocycles. The van der Waals surface area contributed by atoms with Gasteiger partial charge in [-0.15, -0.1) is 0 Å². The highest BCUT2D eigenvalue weighted by Gasteiger charge is 2.17. The van der Waals surface area contributed by atoms with Crippen LogP contribution in [0.4, 0.5) is 0 Å². The largest absolute Gasteiger partial charge is 0.393 e. The van der Waals surface area contributed by atoms with Crippen molar-refractivity contribution in [2.75, 3.05) is 46.6 Å². The quantitative estimate of drug-likeness (QED) is 0.185. The molecule has 10 nitrogen and oxygen atoms in total. The second-order valence-corrected chi connectivity index (χ2v) is 6.19. The van der Waals surface area contributed by atoms with E-state index < -0.39 is 24.0 Å². The van der Waals surface area contributed by atoms with E-state index in [4.69, 9.17) is 20.3 Å². The summed E-state index contributed by atoms with van der Waals surface area (Å²) in [6, 6.07) is -0.695. The van der Waals surface area contributed by atoms with Crippen molar-refractivity contribution in [3.63, 3.8) is 0 Å². The van der Waals surface area contributed by atoms with Gasteiger partial charge in [0.1, 0.15) is 12.6 Å². The maximum absolute atomic E-state index is 11.8. The molecule has 0 aromatic heterocycles. The van der Waals surface area contributed by atoms with Gasteiger partial charge in [0.25, 0.3) is 0 Å². The molecule has 10 heteroatoms. The third-order valence-electron chi connectivity index (χ3n) is 3.50. The number of primary amides is 1. The van der Waals surface area contributed by atoms with Crippen molar-refractivity contribution in [1.82, 2.24) is 16.0 Å². The van der Waals surface area contributed by atoms with Crippen LogP contribution in [0.15, 0.2) is 0 Å². The summed E-state index contributed by atoms with van der Waals surface area (Å²) in [5.41, 5.74) is 5.30. The molecule has 0 aliphatic rings. The molecule has 0 radical (unpaired) electrons. The minimum Gasteiger partial charge on any atom is -0.393 e. The topological polar surface area (TPSA) is 152 Å². The van der Waals surface area contributed by atoms with E-state index in [1.165, 1.54) is 0 Å². The van der Waals surface area contributed by atoms with E-state index in [1.807, 2.05) is 7.05 Å². The molecule has 0 rings (SSSR count). The molecule has 0 unspecified atom stereocenters. The molecule has 0 aliphatic carbocycles. The van der Waals surface area contributed by atoms with Crippen LogP contribution < -0.4 is 21.7 Å². The highest BCUT2D eigenvalue weighted by Crippen LogP contribution is 2.00. The van der Waals surface area contributed by atoms with E-state index in [0.717, 1.165) is 19.4 Å². The first-order chi connectivity index (χ1) is 12.9. The van der Waals surface area contributed by atoms with Crippen molar-refractivity contribution < 1.29 is 29.0 Å². The second kappa shape index (κ2) is 16.4. The number of unbranched alkanes of at least 4 members (excludes halogenated alkanes) is 1. The molecule has 3 amide bonds. The number of hydrogen-bond donors (Lipinski definition) is 5. The molecule has 0 spiro atoms. The zero-order valence-electron chi connectivity index (χ0n) is 16.3. The Morgan fingerprint density at radius 2 is 1.74 bits per heavy atom. The summed E-state index contributed by atoms with van der Waals surface area (Å²) in [4.78, 5) is 34.4. The lowest BCUT2D eigenvalue weighted by Gasteiger charge is -2.15. The Morgan fingerprint density at radius 1 is 1.04 bits per heavy atom. The van der Waals surface area contributed by atoms with E-state index in [2.05, 4.69) is 16.0 Å². The lowest BCUT2D eigenvalue weighted by Crippen LogP contribution is -2.45. The molecule has 2 atom stereocenters. The fourth-order valence-electron chi connectivity index (χ4n) is 2.16. The Labute approximate surface area is 160 Å². The van der Waals surface area contributed by atoms with Crippen LogP contribution >= 0.6 is 0 Å². The summed E-state index contributed by atoms with van der Waals surface area (Å²) in [6.45, 7) is 3.30. The van der Waals surface area contributed by atoms with Crippen molar-refractivity contribution >= 4 is 17.7 Å². The van der Waals surface area contributed by atoms with Gasteiger partial charge in [0.05, 0.1) is 32.3 Å². The van der Waals surface area contributed by atoms with Gasteiger partial charge >= 0.3 is 0 Å². The molecule has 27 heavy (non-hydrogen) atoms. The number of carbonyl (C=O) groups is 3. The molecule has 0 saturated carbocycles. The molecular formula is C17H34N4O6. The molecular weight excluding hydrogens is 356 g/mol. The smallest absolute Gasteiger partial charge is 0.246 e. The summed E-state index contributed by atoms with van der Waals surface area (Å²) >= 11 is 0. The SMILES string of the molecule is CNCCCC[C@H](NC(=O)COCCOCCNC(=O)C[C@@H](C)O)C(N)=O. The number of amides is 3. The number of nitrogens with one attached hydrogen (secondary N) is 3. The predicted octanol–water partition coefficient (Wildman–Crippen LogP) is -1.73. The number of aliphatic hydroxyl groups excluding tert-OH is 1. The minimum atomic E-state index is -0.695. The van der Waals surface area contributed by atoms with Crippen LogP contribution in [0.1, 0.15) is 32.6 Å². The van der Waals surface area contributed by atoms with Crippen molar-refractivity contribution in [2.24, 2.45) is 5.73 Å². The van der Waals surface area contributed by atoms with E-state index in [0.29, 0.717) is 19.6 Å². The third-order valence-corrected chi connectivity index (χ3v) is 3.50. The van der Waals surface area contributed by atoms with Crippen LogP contribution in [0.25, 0.3) is 0 Å². The van der Waals surface area contributed by atoms with Gasteiger partial charge in [0.15, 0.2) is 0 Å². The van der Waals surface area contributed by atoms with Gasteiger partial charge in [0, 0.05) is 6.54 Å². The second-order valence-electron chi connectivity index (χ2n) is 6.19. The van der Waals surface area contributed by atoms with E-state index in [-0.39, 0.29) is 32.1 Å². The normalized spacial score (nSPS) is 13.0. The standard InChI is InChI=1S/C17H34N4O6/c1-13(22)11-15(23)20-7-8-26-9-10-27-12-16(24)21-14(17(18)25)5-3-4-6-19-2/h13-14,19,22H,3-12H2,1-2H3,(H2,18,25)(H,20,23)(H,21,24)/t13-,14+/m1/s1. The first-order valence-electron chi connectivity index (χ1n) is 9.20. The van der Waals surface area contributed by atoms with Crippen molar-refractivity contribution in [3.8, 4) is 0 Å². The monoisotopic (exact) mass is 390 g/mol. The zero-order valence-corrected chi connectivity index (χ0v) is 16.3. The average molecular weight is 390 g/mol. The number of ether oxygens (including phenoxy) is 2. The number of aliphatic hydroxyl groups is 1. The van der Waals surface area contributed by atoms with Crippen molar-refractivity contribution in [3.05, 3.63) is 0 Å². The fraction of sp³-hybridized carbons (Fsp3) is 0.824.